The maximum Gasteiger partial charge on any atom is 0.282 e. The third kappa shape index (κ3) is 3.46. The van der Waals surface area contributed by atoms with Crippen LogP contribution in [0.3, 0.4) is 0 Å². The van der Waals surface area contributed by atoms with Crippen molar-refractivity contribution in [3.05, 3.63) is 52.3 Å². The number of anilines is 2. The fourth-order valence-electron chi connectivity index (χ4n) is 2.39. The van der Waals surface area contributed by atoms with Gasteiger partial charge in [-0.3, -0.25) is 14.9 Å². The van der Waals surface area contributed by atoms with Crippen LogP contribution >= 0.6 is 0 Å². The first kappa shape index (κ1) is 15.8. The Morgan fingerprint density at radius 1 is 1.25 bits per heavy atom. The molecule has 1 saturated heterocycles. The van der Waals surface area contributed by atoms with Crippen LogP contribution in [0.15, 0.2) is 36.7 Å². The van der Waals surface area contributed by atoms with E-state index in [1.54, 1.807) is 12.1 Å². The summed E-state index contributed by atoms with van der Waals surface area (Å²) >= 11 is 0. The van der Waals surface area contributed by atoms with Crippen molar-refractivity contribution in [2.45, 2.75) is 0 Å². The maximum atomic E-state index is 12.3. The second-order valence-corrected chi connectivity index (χ2v) is 5.09. The van der Waals surface area contributed by atoms with E-state index in [1.165, 1.54) is 24.5 Å². The fraction of sp³-hybridized carbons (Fsp3) is 0.267. The van der Waals surface area contributed by atoms with Gasteiger partial charge >= 0.3 is 0 Å². The summed E-state index contributed by atoms with van der Waals surface area (Å²) in [5.74, 6) is 0.370. The first-order valence-corrected chi connectivity index (χ1v) is 7.34. The van der Waals surface area contributed by atoms with Crippen LogP contribution in [-0.2, 0) is 4.74 Å². The zero-order valence-corrected chi connectivity index (χ0v) is 12.7. The summed E-state index contributed by atoms with van der Waals surface area (Å²) in [4.78, 5) is 33.0. The molecule has 0 unspecified atom stereocenters. The molecule has 0 spiro atoms. The molecular formula is C15H15N5O4. The van der Waals surface area contributed by atoms with Crippen molar-refractivity contribution < 1.29 is 14.5 Å². The topological polar surface area (TPSA) is 110 Å². The summed E-state index contributed by atoms with van der Waals surface area (Å²) < 4.78 is 5.29. The SMILES string of the molecule is O=C(Nc1cc(N2CCOCC2)ncn1)c1ccccc1[N+](=O)[O-]. The normalized spacial score (nSPS) is 14.2. The average molecular weight is 329 g/mol. The molecule has 3 rings (SSSR count). The molecule has 9 nitrogen and oxygen atoms in total. The standard InChI is InChI=1S/C15H15N5O4/c21-15(11-3-1-2-4-12(11)20(22)23)18-13-9-14(17-10-16-13)19-5-7-24-8-6-19/h1-4,9-10H,5-8H2,(H,16,17,18,21). The molecule has 2 heterocycles. The summed E-state index contributed by atoms with van der Waals surface area (Å²) in [6, 6.07) is 7.40. The number of amides is 1. The molecule has 2 aromatic rings. The molecule has 24 heavy (non-hydrogen) atoms. The summed E-state index contributed by atoms with van der Waals surface area (Å²) in [6.45, 7) is 2.63. The van der Waals surface area contributed by atoms with Crippen LogP contribution in [0.25, 0.3) is 0 Å². The number of benzene rings is 1. The second-order valence-electron chi connectivity index (χ2n) is 5.09. The highest BCUT2D eigenvalue weighted by molar-refractivity contribution is 6.06. The molecule has 0 radical (unpaired) electrons. The highest BCUT2D eigenvalue weighted by Crippen LogP contribution is 2.20. The van der Waals surface area contributed by atoms with Gasteiger partial charge in [0.1, 0.15) is 23.5 Å². The molecule has 1 N–H and O–H groups in total. The minimum absolute atomic E-state index is 0.0194. The Bertz CT molecular complexity index is 761. The minimum Gasteiger partial charge on any atom is -0.378 e. The lowest BCUT2D eigenvalue weighted by atomic mass is 10.1. The number of carbonyl (C=O) groups excluding carboxylic acids is 1. The van der Waals surface area contributed by atoms with Crippen LogP contribution < -0.4 is 10.2 Å². The number of hydrogen-bond acceptors (Lipinski definition) is 7. The number of ether oxygens (including phenoxy) is 1. The van der Waals surface area contributed by atoms with Gasteiger partial charge in [0.2, 0.25) is 0 Å². The molecule has 9 heteroatoms. The molecule has 1 amide bonds. The van der Waals surface area contributed by atoms with Gasteiger partial charge in [-0.15, -0.1) is 0 Å². The van der Waals surface area contributed by atoms with Crippen molar-refractivity contribution in [3.8, 4) is 0 Å². The smallest absolute Gasteiger partial charge is 0.282 e. The number of nitro benzene ring substituents is 1. The molecule has 0 aliphatic carbocycles. The number of nitrogens with zero attached hydrogens (tertiary/aromatic N) is 4. The molecule has 124 valence electrons. The monoisotopic (exact) mass is 329 g/mol. The lowest BCUT2D eigenvalue weighted by Crippen LogP contribution is -2.36. The van der Waals surface area contributed by atoms with Gasteiger partial charge in [-0.05, 0) is 6.07 Å². The van der Waals surface area contributed by atoms with E-state index >= 15 is 0 Å². The van der Waals surface area contributed by atoms with Crippen molar-refractivity contribution in [1.29, 1.82) is 0 Å². The lowest BCUT2D eigenvalue weighted by Gasteiger charge is -2.27. The number of rotatable bonds is 4. The zero-order chi connectivity index (χ0) is 16.9. The Kier molecular flexibility index (Phi) is 4.62. The number of nitro groups is 1. The van der Waals surface area contributed by atoms with E-state index < -0.39 is 10.8 Å². The second kappa shape index (κ2) is 7.01. The van der Waals surface area contributed by atoms with Crippen molar-refractivity contribution in [3.63, 3.8) is 0 Å². The van der Waals surface area contributed by atoms with Gasteiger partial charge < -0.3 is 15.0 Å². The van der Waals surface area contributed by atoms with E-state index in [1.807, 2.05) is 4.90 Å². The Labute approximate surface area is 137 Å². The third-order valence-corrected chi connectivity index (χ3v) is 3.57. The summed E-state index contributed by atoms with van der Waals surface area (Å²) in [6.07, 6.45) is 1.35. The lowest BCUT2D eigenvalue weighted by molar-refractivity contribution is -0.385. The average Bonchev–Trinajstić information content (AvgIpc) is 2.62. The van der Waals surface area contributed by atoms with E-state index in [4.69, 9.17) is 4.74 Å². The predicted molar refractivity (Wildman–Crippen MR) is 86.1 cm³/mol. The van der Waals surface area contributed by atoms with Crippen LogP contribution in [0.2, 0.25) is 0 Å². The number of para-hydroxylation sites is 1. The van der Waals surface area contributed by atoms with Gasteiger partial charge in [-0.2, -0.15) is 0 Å². The number of aromatic nitrogens is 2. The van der Waals surface area contributed by atoms with Crippen LogP contribution in [-0.4, -0.2) is 47.1 Å². The number of hydrogen-bond donors (Lipinski definition) is 1. The fourth-order valence-corrected chi connectivity index (χ4v) is 2.39. The van der Waals surface area contributed by atoms with Crippen LogP contribution in [0, 0.1) is 10.1 Å². The van der Waals surface area contributed by atoms with Crippen LogP contribution in [0.1, 0.15) is 10.4 Å². The predicted octanol–water partition coefficient (Wildman–Crippen LogP) is 1.47. The molecule has 0 atom stereocenters. The molecule has 1 aliphatic heterocycles. The Morgan fingerprint density at radius 3 is 2.75 bits per heavy atom. The van der Waals surface area contributed by atoms with E-state index in [9.17, 15) is 14.9 Å². The van der Waals surface area contributed by atoms with Crippen molar-refractivity contribution in [1.82, 2.24) is 9.97 Å². The molecule has 1 aromatic heterocycles. The Balaban J connectivity index is 1.79. The quantitative estimate of drug-likeness (QED) is 0.668. The van der Waals surface area contributed by atoms with Gasteiger partial charge in [0, 0.05) is 25.2 Å². The van der Waals surface area contributed by atoms with Gasteiger partial charge in [0.25, 0.3) is 11.6 Å². The minimum atomic E-state index is -0.589. The van der Waals surface area contributed by atoms with Gasteiger partial charge in [0.15, 0.2) is 0 Å². The molecule has 1 fully saturated rings. The zero-order valence-electron chi connectivity index (χ0n) is 12.7. The Morgan fingerprint density at radius 2 is 2.00 bits per heavy atom. The first-order valence-electron chi connectivity index (χ1n) is 7.34. The van der Waals surface area contributed by atoms with E-state index in [-0.39, 0.29) is 17.1 Å². The first-order chi connectivity index (χ1) is 11.6. The van der Waals surface area contributed by atoms with E-state index in [0.717, 1.165) is 0 Å². The van der Waals surface area contributed by atoms with Gasteiger partial charge in [-0.25, -0.2) is 9.97 Å². The van der Waals surface area contributed by atoms with Crippen molar-refractivity contribution >= 4 is 23.2 Å². The summed E-state index contributed by atoms with van der Waals surface area (Å²) in [5, 5.41) is 13.6. The van der Waals surface area contributed by atoms with Crippen LogP contribution in [0.4, 0.5) is 17.3 Å². The molecule has 0 saturated carbocycles. The Hall–Kier alpha value is -3.07. The number of morpholine rings is 1. The highest BCUT2D eigenvalue weighted by Gasteiger charge is 2.20. The summed E-state index contributed by atoms with van der Waals surface area (Å²) in [7, 11) is 0. The molecule has 1 aromatic carbocycles. The largest absolute Gasteiger partial charge is 0.378 e. The molecular weight excluding hydrogens is 314 g/mol. The highest BCUT2D eigenvalue weighted by atomic mass is 16.6. The third-order valence-electron chi connectivity index (χ3n) is 3.57. The van der Waals surface area contributed by atoms with Gasteiger partial charge in [0.05, 0.1) is 18.1 Å². The van der Waals surface area contributed by atoms with E-state index in [2.05, 4.69) is 15.3 Å². The van der Waals surface area contributed by atoms with Gasteiger partial charge in [-0.1, -0.05) is 12.1 Å². The maximum absolute atomic E-state index is 12.3. The summed E-state index contributed by atoms with van der Waals surface area (Å²) in [5.41, 5.74) is -0.272. The number of nitrogens with one attached hydrogen (secondary N) is 1. The van der Waals surface area contributed by atoms with Crippen molar-refractivity contribution in [2.75, 3.05) is 36.5 Å². The molecule has 1 aliphatic rings. The van der Waals surface area contributed by atoms with Crippen molar-refractivity contribution in [2.24, 2.45) is 0 Å². The number of carbonyl (C=O) groups is 1. The molecule has 0 bridgehead atoms. The van der Waals surface area contributed by atoms with E-state index in [0.29, 0.717) is 32.1 Å². The van der Waals surface area contributed by atoms with Crippen LogP contribution in [0.5, 0.6) is 0 Å².